The number of aliphatic hydroxyl groups is 2. The van der Waals surface area contributed by atoms with E-state index in [1.807, 2.05) is 0 Å². The molecule has 0 bridgehead atoms. The van der Waals surface area contributed by atoms with E-state index >= 15 is 0 Å². The van der Waals surface area contributed by atoms with Gasteiger partial charge in [0.05, 0.1) is 12.7 Å². The maximum Gasteiger partial charge on any atom is 0.303 e. The molecule has 0 aromatic heterocycles. The number of rotatable bonds is 5. The molecule has 0 aliphatic carbocycles. The first kappa shape index (κ1) is 11.9. The highest BCUT2D eigenvalue weighted by molar-refractivity contribution is 5.66. The summed E-state index contributed by atoms with van der Waals surface area (Å²) in [5.41, 5.74) is 0. The van der Waals surface area contributed by atoms with Crippen molar-refractivity contribution in [1.29, 1.82) is 0 Å². The van der Waals surface area contributed by atoms with Crippen molar-refractivity contribution in [3.63, 3.8) is 0 Å². The number of aliphatic hydroxyl groups excluding tert-OH is 2. The predicted molar refractivity (Wildman–Crippen MR) is 46.7 cm³/mol. The van der Waals surface area contributed by atoms with Crippen LogP contribution >= 0.6 is 0 Å². The van der Waals surface area contributed by atoms with Crippen molar-refractivity contribution < 1.29 is 19.7 Å². The SMILES string of the molecule is C#CC(CCC(O)CO)OC(C)=O. The van der Waals surface area contributed by atoms with E-state index < -0.39 is 18.2 Å². The number of terminal acetylenes is 1. The van der Waals surface area contributed by atoms with Crippen LogP contribution in [0.15, 0.2) is 0 Å². The van der Waals surface area contributed by atoms with Crippen molar-refractivity contribution in [2.45, 2.75) is 32.0 Å². The van der Waals surface area contributed by atoms with E-state index in [0.717, 1.165) is 0 Å². The van der Waals surface area contributed by atoms with Crippen molar-refractivity contribution in [2.24, 2.45) is 0 Å². The molecule has 0 aliphatic rings. The molecule has 0 heterocycles. The van der Waals surface area contributed by atoms with E-state index in [1.165, 1.54) is 6.92 Å². The number of carbonyl (C=O) groups excluding carboxylic acids is 1. The Morgan fingerprint density at radius 1 is 1.62 bits per heavy atom. The minimum Gasteiger partial charge on any atom is -0.449 e. The second-order valence-electron chi connectivity index (χ2n) is 2.68. The summed E-state index contributed by atoms with van der Waals surface area (Å²) in [5, 5.41) is 17.5. The van der Waals surface area contributed by atoms with Crippen LogP contribution in [0.5, 0.6) is 0 Å². The fraction of sp³-hybridized carbons (Fsp3) is 0.667. The Kier molecular flexibility index (Phi) is 5.94. The van der Waals surface area contributed by atoms with Crippen LogP contribution < -0.4 is 0 Å². The summed E-state index contributed by atoms with van der Waals surface area (Å²) in [6, 6.07) is 0. The van der Waals surface area contributed by atoms with Gasteiger partial charge in [0.1, 0.15) is 0 Å². The van der Waals surface area contributed by atoms with E-state index in [1.54, 1.807) is 0 Å². The first-order chi connectivity index (χ1) is 6.10. The maximum atomic E-state index is 10.5. The largest absolute Gasteiger partial charge is 0.449 e. The van der Waals surface area contributed by atoms with Crippen LogP contribution in [0.2, 0.25) is 0 Å². The molecule has 2 unspecified atom stereocenters. The fourth-order valence-electron chi connectivity index (χ4n) is 0.812. The van der Waals surface area contributed by atoms with Gasteiger partial charge in [0, 0.05) is 6.92 Å². The highest BCUT2D eigenvalue weighted by atomic mass is 16.5. The number of ether oxygens (including phenoxy) is 1. The van der Waals surface area contributed by atoms with Crippen molar-refractivity contribution in [2.75, 3.05) is 6.61 Å². The standard InChI is InChI=1S/C9H14O4/c1-3-9(13-7(2)11)5-4-8(12)6-10/h1,8-10,12H,4-6H2,2H3. The molecule has 4 nitrogen and oxygen atoms in total. The van der Waals surface area contributed by atoms with E-state index in [-0.39, 0.29) is 6.61 Å². The van der Waals surface area contributed by atoms with Crippen molar-refractivity contribution in [1.82, 2.24) is 0 Å². The number of hydrogen-bond acceptors (Lipinski definition) is 4. The van der Waals surface area contributed by atoms with Crippen molar-refractivity contribution in [3.8, 4) is 12.3 Å². The molecule has 0 amide bonds. The smallest absolute Gasteiger partial charge is 0.303 e. The van der Waals surface area contributed by atoms with E-state index in [4.69, 9.17) is 21.4 Å². The number of carbonyl (C=O) groups is 1. The molecule has 0 aliphatic heterocycles. The molecular weight excluding hydrogens is 172 g/mol. The molecule has 0 fully saturated rings. The molecule has 2 N–H and O–H groups in total. The third-order valence-electron chi connectivity index (χ3n) is 1.47. The van der Waals surface area contributed by atoms with Crippen LogP contribution in [-0.4, -0.2) is 35.0 Å². The molecule has 13 heavy (non-hydrogen) atoms. The normalized spacial score (nSPS) is 14.3. The zero-order chi connectivity index (χ0) is 10.3. The van der Waals surface area contributed by atoms with Crippen LogP contribution in [-0.2, 0) is 9.53 Å². The Bertz CT molecular complexity index is 194. The van der Waals surface area contributed by atoms with Crippen LogP contribution in [0.4, 0.5) is 0 Å². The first-order valence-corrected chi connectivity index (χ1v) is 4.02. The molecule has 0 saturated heterocycles. The molecule has 0 spiro atoms. The zero-order valence-electron chi connectivity index (χ0n) is 7.56. The van der Waals surface area contributed by atoms with Crippen molar-refractivity contribution in [3.05, 3.63) is 0 Å². The summed E-state index contributed by atoms with van der Waals surface area (Å²) >= 11 is 0. The maximum absolute atomic E-state index is 10.5. The third kappa shape index (κ3) is 6.14. The van der Waals surface area contributed by atoms with E-state index in [0.29, 0.717) is 12.8 Å². The van der Waals surface area contributed by atoms with Gasteiger partial charge < -0.3 is 14.9 Å². The Balaban J connectivity index is 3.74. The van der Waals surface area contributed by atoms with Gasteiger partial charge in [-0.2, -0.15) is 0 Å². The fourth-order valence-corrected chi connectivity index (χ4v) is 0.812. The lowest BCUT2D eigenvalue weighted by Crippen LogP contribution is -2.19. The Morgan fingerprint density at radius 2 is 2.23 bits per heavy atom. The first-order valence-electron chi connectivity index (χ1n) is 4.02. The van der Waals surface area contributed by atoms with Crippen LogP contribution in [0.1, 0.15) is 19.8 Å². The Morgan fingerprint density at radius 3 is 2.62 bits per heavy atom. The van der Waals surface area contributed by atoms with Crippen molar-refractivity contribution >= 4 is 5.97 Å². The lowest BCUT2D eigenvalue weighted by atomic mass is 10.1. The van der Waals surface area contributed by atoms with E-state index in [2.05, 4.69) is 5.92 Å². The summed E-state index contributed by atoms with van der Waals surface area (Å²) < 4.78 is 4.73. The van der Waals surface area contributed by atoms with Gasteiger partial charge in [-0.05, 0) is 12.8 Å². The van der Waals surface area contributed by atoms with Gasteiger partial charge in [0.2, 0.25) is 0 Å². The molecule has 0 aromatic rings. The molecule has 4 heteroatoms. The molecule has 0 saturated carbocycles. The minimum absolute atomic E-state index is 0.308. The molecule has 0 aromatic carbocycles. The number of hydrogen-bond donors (Lipinski definition) is 2. The molecule has 74 valence electrons. The van der Waals surface area contributed by atoms with Gasteiger partial charge in [-0.15, -0.1) is 6.42 Å². The van der Waals surface area contributed by atoms with Gasteiger partial charge >= 0.3 is 5.97 Å². The second-order valence-corrected chi connectivity index (χ2v) is 2.68. The van der Waals surface area contributed by atoms with E-state index in [9.17, 15) is 4.79 Å². The number of esters is 1. The third-order valence-corrected chi connectivity index (χ3v) is 1.47. The van der Waals surface area contributed by atoms with Crippen LogP contribution in [0.25, 0.3) is 0 Å². The van der Waals surface area contributed by atoms with Gasteiger partial charge in [-0.25, -0.2) is 0 Å². The quantitative estimate of drug-likeness (QED) is 0.456. The van der Waals surface area contributed by atoms with Gasteiger partial charge in [0.15, 0.2) is 6.10 Å². The highest BCUT2D eigenvalue weighted by Gasteiger charge is 2.10. The minimum atomic E-state index is -0.800. The molecular formula is C9H14O4. The second kappa shape index (κ2) is 6.46. The molecule has 0 radical (unpaired) electrons. The average Bonchev–Trinajstić information content (AvgIpc) is 2.10. The van der Waals surface area contributed by atoms with Gasteiger partial charge in [-0.3, -0.25) is 4.79 Å². The topological polar surface area (TPSA) is 66.8 Å². The average molecular weight is 186 g/mol. The zero-order valence-corrected chi connectivity index (χ0v) is 7.56. The summed E-state index contributed by atoms with van der Waals surface area (Å²) in [6.45, 7) is 0.962. The van der Waals surface area contributed by atoms with Crippen LogP contribution in [0, 0.1) is 12.3 Å². The summed E-state index contributed by atoms with van der Waals surface area (Å²) in [7, 11) is 0. The highest BCUT2D eigenvalue weighted by Crippen LogP contribution is 2.04. The monoisotopic (exact) mass is 186 g/mol. The summed E-state index contributed by atoms with van der Waals surface area (Å²) in [5.74, 6) is 1.83. The summed E-state index contributed by atoms with van der Waals surface area (Å²) in [4.78, 5) is 10.5. The molecule has 2 atom stereocenters. The Hall–Kier alpha value is -1.05. The Labute approximate surface area is 77.5 Å². The summed E-state index contributed by atoms with van der Waals surface area (Å²) in [6.07, 6.45) is 4.34. The predicted octanol–water partition coefficient (Wildman–Crippen LogP) is -0.315. The molecule has 0 rings (SSSR count). The lowest BCUT2D eigenvalue weighted by Gasteiger charge is -2.12. The lowest BCUT2D eigenvalue weighted by molar-refractivity contribution is -0.144. The van der Waals surface area contributed by atoms with Gasteiger partial charge in [-0.1, -0.05) is 5.92 Å². The van der Waals surface area contributed by atoms with Gasteiger partial charge in [0.25, 0.3) is 0 Å². The van der Waals surface area contributed by atoms with Crippen LogP contribution in [0.3, 0.4) is 0 Å².